The molecule has 0 spiro atoms. The zero-order valence-corrected chi connectivity index (χ0v) is 11.0. The van der Waals surface area contributed by atoms with Crippen molar-refractivity contribution in [3.05, 3.63) is 53.9 Å². The predicted molar refractivity (Wildman–Crippen MR) is 79.0 cm³/mol. The van der Waals surface area contributed by atoms with E-state index in [-0.39, 0.29) is 11.9 Å². The van der Waals surface area contributed by atoms with Crippen molar-refractivity contribution in [2.45, 2.75) is 6.92 Å². The molecule has 6 nitrogen and oxygen atoms in total. The van der Waals surface area contributed by atoms with Gasteiger partial charge in [0, 0.05) is 23.6 Å². The van der Waals surface area contributed by atoms with Gasteiger partial charge in [-0.1, -0.05) is 6.07 Å². The van der Waals surface area contributed by atoms with Crippen LogP contribution in [0.5, 0.6) is 0 Å². The molecular weight excluding hydrogens is 254 g/mol. The lowest BCUT2D eigenvalue weighted by Crippen LogP contribution is -2.20. The summed E-state index contributed by atoms with van der Waals surface area (Å²) in [6.45, 7) is 1.89. The van der Waals surface area contributed by atoms with Crippen molar-refractivity contribution in [1.82, 2.24) is 4.98 Å². The summed E-state index contributed by atoms with van der Waals surface area (Å²) in [5.41, 5.74) is 14.1. The van der Waals surface area contributed by atoms with Crippen LogP contribution >= 0.6 is 0 Å². The maximum atomic E-state index is 7.79. The molecule has 1 heterocycles. The molecule has 1 aromatic carbocycles. The summed E-state index contributed by atoms with van der Waals surface area (Å²) in [6.07, 6.45) is 3.14. The number of rotatable bonds is 2. The van der Waals surface area contributed by atoms with Crippen molar-refractivity contribution in [3.63, 3.8) is 0 Å². The first-order valence-corrected chi connectivity index (χ1v) is 5.93. The molecule has 0 radical (unpaired) electrons. The van der Waals surface area contributed by atoms with Crippen molar-refractivity contribution in [2.24, 2.45) is 10.7 Å². The van der Waals surface area contributed by atoms with Crippen LogP contribution in [-0.4, -0.2) is 16.9 Å². The predicted octanol–water partition coefficient (Wildman–Crippen LogP) is 1.96. The second-order valence-electron chi connectivity index (χ2n) is 4.16. The Morgan fingerprint density at radius 3 is 2.65 bits per heavy atom. The summed E-state index contributed by atoms with van der Waals surface area (Å²) in [5.74, 6) is -0.0878. The number of benzene rings is 1. The Morgan fingerprint density at radius 2 is 1.95 bits per heavy atom. The van der Waals surface area contributed by atoms with Gasteiger partial charge in [0.1, 0.15) is 0 Å². The third-order valence-corrected chi connectivity index (χ3v) is 2.61. The highest BCUT2D eigenvalue weighted by Crippen LogP contribution is 2.21. The monoisotopic (exact) mass is 269 g/mol. The minimum absolute atomic E-state index is 0.0878. The number of nitrogens with one attached hydrogen (secondary N) is 1. The van der Waals surface area contributed by atoms with E-state index >= 15 is 0 Å². The fourth-order valence-electron chi connectivity index (χ4n) is 1.56. The van der Waals surface area contributed by atoms with Crippen LogP contribution in [0.3, 0.4) is 0 Å². The second-order valence-corrected chi connectivity index (χ2v) is 4.16. The van der Waals surface area contributed by atoms with Crippen LogP contribution in [-0.2, 0) is 4.74 Å². The van der Waals surface area contributed by atoms with Gasteiger partial charge in [0.2, 0.25) is 5.90 Å². The Morgan fingerprint density at radius 1 is 1.25 bits per heavy atom. The highest BCUT2D eigenvalue weighted by molar-refractivity contribution is 5.99. The first-order valence-electron chi connectivity index (χ1n) is 5.93. The lowest BCUT2D eigenvalue weighted by molar-refractivity contribution is 0.533. The number of nitrogens with zero attached hydrogens (tertiary/aromatic N) is 2. The van der Waals surface area contributed by atoms with Crippen LogP contribution in [0.4, 0.5) is 11.4 Å². The van der Waals surface area contributed by atoms with Crippen LogP contribution in [0.2, 0.25) is 0 Å². The van der Waals surface area contributed by atoms with Crippen LogP contribution in [0.1, 0.15) is 11.1 Å². The molecule has 0 saturated carbocycles. The van der Waals surface area contributed by atoms with E-state index in [1.165, 1.54) is 0 Å². The Bertz CT molecular complexity index is 652. The molecule has 0 aliphatic rings. The molecule has 0 saturated heterocycles. The number of anilines is 1. The minimum atomic E-state index is -0.111. The lowest BCUT2D eigenvalue weighted by Gasteiger charge is -2.07. The Kier molecular flexibility index (Phi) is 3.95. The van der Waals surface area contributed by atoms with Crippen molar-refractivity contribution < 1.29 is 4.74 Å². The molecular formula is C14H15N5O. The number of aryl methyl sites for hydroxylation is 1. The van der Waals surface area contributed by atoms with E-state index in [4.69, 9.17) is 21.6 Å². The fraction of sp³-hybridized carbons (Fsp3) is 0.0714. The summed E-state index contributed by atoms with van der Waals surface area (Å²) in [4.78, 5) is 7.99. The summed E-state index contributed by atoms with van der Waals surface area (Å²) in [6, 6.07) is 8.52. The van der Waals surface area contributed by atoms with E-state index in [9.17, 15) is 0 Å². The first kappa shape index (κ1) is 13.5. The molecule has 0 amide bonds. The Balaban J connectivity index is 2.15. The number of aliphatic imine (C=N–C) groups is 1. The number of aromatic nitrogens is 1. The van der Waals surface area contributed by atoms with Gasteiger partial charge in [0.05, 0.1) is 5.69 Å². The van der Waals surface area contributed by atoms with Gasteiger partial charge in [0.25, 0.3) is 6.02 Å². The zero-order valence-electron chi connectivity index (χ0n) is 11.0. The summed E-state index contributed by atoms with van der Waals surface area (Å²) >= 11 is 0. The van der Waals surface area contributed by atoms with Crippen LogP contribution in [0.25, 0.3) is 0 Å². The molecule has 1 aromatic heterocycles. The molecule has 0 fully saturated rings. The van der Waals surface area contributed by atoms with Gasteiger partial charge in [-0.2, -0.15) is 4.99 Å². The van der Waals surface area contributed by atoms with E-state index in [2.05, 4.69) is 9.98 Å². The summed E-state index contributed by atoms with van der Waals surface area (Å²) < 4.78 is 5.18. The Labute approximate surface area is 116 Å². The largest absolute Gasteiger partial charge is 0.407 e. The topological polar surface area (TPSA) is 110 Å². The normalized spacial score (nSPS) is 11.2. The Hall–Kier alpha value is -2.89. The average molecular weight is 269 g/mol. The molecule has 0 atom stereocenters. The van der Waals surface area contributed by atoms with Crippen LogP contribution < -0.4 is 11.5 Å². The van der Waals surface area contributed by atoms with Gasteiger partial charge in [0.15, 0.2) is 0 Å². The van der Waals surface area contributed by atoms with Gasteiger partial charge < -0.3 is 16.2 Å². The van der Waals surface area contributed by atoms with Gasteiger partial charge in [-0.15, -0.1) is 0 Å². The van der Waals surface area contributed by atoms with Crippen LogP contribution in [0, 0.1) is 12.3 Å². The third-order valence-electron chi connectivity index (χ3n) is 2.61. The SMILES string of the molecule is Cc1ccc(N)cc1N=C(N)OC(=N)c1ccncc1. The minimum Gasteiger partial charge on any atom is -0.407 e. The van der Waals surface area contributed by atoms with E-state index in [0.717, 1.165) is 5.56 Å². The maximum Gasteiger partial charge on any atom is 0.294 e. The van der Waals surface area contributed by atoms with Crippen LogP contribution in [0.15, 0.2) is 47.7 Å². The van der Waals surface area contributed by atoms with E-state index in [1.54, 1.807) is 36.7 Å². The van der Waals surface area contributed by atoms with Gasteiger partial charge in [-0.05, 0) is 36.8 Å². The molecule has 0 aliphatic carbocycles. The average Bonchev–Trinajstić information content (AvgIpc) is 2.43. The molecule has 5 N–H and O–H groups in total. The number of nitrogens with two attached hydrogens (primary N) is 2. The van der Waals surface area contributed by atoms with Crippen molar-refractivity contribution in [2.75, 3.05) is 5.73 Å². The van der Waals surface area contributed by atoms with Gasteiger partial charge in [-0.3, -0.25) is 10.4 Å². The number of hydrogen-bond acceptors (Lipinski definition) is 5. The van der Waals surface area contributed by atoms with Crippen molar-refractivity contribution in [3.8, 4) is 0 Å². The van der Waals surface area contributed by atoms with Gasteiger partial charge in [-0.25, -0.2) is 0 Å². The number of ether oxygens (including phenoxy) is 1. The number of amidine groups is 1. The van der Waals surface area contributed by atoms with Crippen molar-refractivity contribution in [1.29, 1.82) is 5.41 Å². The zero-order chi connectivity index (χ0) is 14.5. The number of nitrogen functional groups attached to an aromatic ring is 1. The quantitative estimate of drug-likeness (QED) is 0.439. The fourth-order valence-corrected chi connectivity index (χ4v) is 1.56. The third kappa shape index (κ3) is 3.32. The molecule has 102 valence electrons. The maximum absolute atomic E-state index is 7.79. The van der Waals surface area contributed by atoms with E-state index < -0.39 is 0 Å². The first-order chi connectivity index (χ1) is 9.56. The molecule has 0 aliphatic heterocycles. The molecule has 0 unspecified atom stereocenters. The molecule has 2 aromatic rings. The standard InChI is InChI=1S/C14H15N5O/c1-9-2-3-11(15)8-12(9)19-14(17)20-13(16)10-4-6-18-7-5-10/h2-8,16H,15H2,1H3,(H2,17,19). The molecule has 2 rings (SSSR count). The summed E-state index contributed by atoms with van der Waals surface area (Å²) in [5, 5.41) is 7.79. The summed E-state index contributed by atoms with van der Waals surface area (Å²) in [7, 11) is 0. The molecule has 0 bridgehead atoms. The highest BCUT2D eigenvalue weighted by Gasteiger charge is 2.06. The van der Waals surface area contributed by atoms with E-state index in [0.29, 0.717) is 16.9 Å². The van der Waals surface area contributed by atoms with Crippen molar-refractivity contribution >= 4 is 23.3 Å². The van der Waals surface area contributed by atoms with E-state index in [1.807, 2.05) is 13.0 Å². The number of pyridine rings is 1. The lowest BCUT2D eigenvalue weighted by atomic mass is 10.2. The smallest absolute Gasteiger partial charge is 0.294 e. The number of hydrogen-bond donors (Lipinski definition) is 3. The highest BCUT2D eigenvalue weighted by atomic mass is 16.5. The molecule has 6 heteroatoms. The molecule has 20 heavy (non-hydrogen) atoms. The second kappa shape index (κ2) is 5.83. The van der Waals surface area contributed by atoms with Gasteiger partial charge >= 0.3 is 0 Å².